The van der Waals surface area contributed by atoms with Gasteiger partial charge in [0.25, 0.3) is 5.91 Å². The highest BCUT2D eigenvalue weighted by atomic mass is 35.5. The fraction of sp³-hybridized carbons (Fsp3) is 0.316. The molecule has 1 N–H and O–H groups in total. The van der Waals surface area contributed by atoms with Crippen molar-refractivity contribution < 1.29 is 19.0 Å². The number of amides is 1. The van der Waals surface area contributed by atoms with Gasteiger partial charge in [0.2, 0.25) is 0 Å². The molecular formula is C19H22ClNO4. The molecule has 5 nitrogen and oxygen atoms in total. The minimum Gasteiger partial charge on any atom is -0.496 e. The van der Waals surface area contributed by atoms with Crippen LogP contribution < -0.4 is 14.8 Å². The third-order valence-electron chi connectivity index (χ3n) is 3.58. The summed E-state index contributed by atoms with van der Waals surface area (Å²) in [4.78, 5) is 12.3. The van der Waals surface area contributed by atoms with Crippen molar-refractivity contribution >= 4 is 17.5 Å². The zero-order valence-corrected chi connectivity index (χ0v) is 15.1. The van der Waals surface area contributed by atoms with Gasteiger partial charge in [-0.25, -0.2) is 0 Å². The lowest BCUT2D eigenvalue weighted by molar-refractivity contribution is 0.0951. The Morgan fingerprint density at radius 3 is 2.52 bits per heavy atom. The molecule has 0 aliphatic rings. The fourth-order valence-electron chi connectivity index (χ4n) is 2.27. The first-order valence-corrected chi connectivity index (χ1v) is 8.34. The Hall–Kier alpha value is -2.24. The van der Waals surface area contributed by atoms with Gasteiger partial charge in [-0.2, -0.15) is 0 Å². The Morgan fingerprint density at radius 2 is 1.84 bits per heavy atom. The maximum absolute atomic E-state index is 12.3. The van der Waals surface area contributed by atoms with E-state index in [0.29, 0.717) is 42.5 Å². The Kier molecular flexibility index (Phi) is 7.57. The summed E-state index contributed by atoms with van der Waals surface area (Å²) in [6.07, 6.45) is 0.715. The molecule has 2 rings (SSSR count). The largest absolute Gasteiger partial charge is 0.496 e. The quantitative estimate of drug-likeness (QED) is 0.694. The van der Waals surface area contributed by atoms with Gasteiger partial charge < -0.3 is 19.5 Å². The first-order valence-electron chi connectivity index (χ1n) is 7.96. The van der Waals surface area contributed by atoms with Gasteiger partial charge in [-0.3, -0.25) is 4.79 Å². The predicted molar refractivity (Wildman–Crippen MR) is 97.9 cm³/mol. The van der Waals surface area contributed by atoms with Crippen LogP contribution in [0.2, 0.25) is 5.02 Å². The third-order valence-corrected chi connectivity index (χ3v) is 3.82. The fourth-order valence-corrected chi connectivity index (χ4v) is 2.44. The van der Waals surface area contributed by atoms with Crippen LogP contribution in [0, 0.1) is 0 Å². The molecule has 0 fully saturated rings. The molecule has 0 radical (unpaired) electrons. The van der Waals surface area contributed by atoms with Crippen molar-refractivity contribution in [3.63, 3.8) is 0 Å². The molecule has 0 saturated carbocycles. The second-order valence-electron chi connectivity index (χ2n) is 5.34. The number of carbonyl (C=O) groups is 1. The first kappa shape index (κ1) is 19.1. The van der Waals surface area contributed by atoms with Crippen LogP contribution in [0.3, 0.4) is 0 Å². The average Bonchev–Trinajstić information content (AvgIpc) is 2.63. The van der Waals surface area contributed by atoms with Crippen LogP contribution in [0.1, 0.15) is 15.9 Å². The molecule has 25 heavy (non-hydrogen) atoms. The molecule has 1 amide bonds. The molecule has 0 aromatic heterocycles. The van der Waals surface area contributed by atoms with Gasteiger partial charge in [-0.05, 0) is 42.3 Å². The van der Waals surface area contributed by atoms with E-state index in [9.17, 15) is 4.79 Å². The lowest BCUT2D eigenvalue weighted by atomic mass is 10.1. The topological polar surface area (TPSA) is 56.8 Å². The summed E-state index contributed by atoms with van der Waals surface area (Å²) in [6.45, 7) is 1.59. The Bertz CT molecular complexity index is 688. The van der Waals surface area contributed by atoms with Crippen LogP contribution in [0.5, 0.6) is 11.5 Å². The van der Waals surface area contributed by atoms with Crippen LogP contribution in [0.25, 0.3) is 0 Å². The number of benzene rings is 2. The van der Waals surface area contributed by atoms with E-state index in [4.69, 9.17) is 25.8 Å². The van der Waals surface area contributed by atoms with Gasteiger partial charge in [0.1, 0.15) is 18.1 Å². The van der Waals surface area contributed by atoms with Crippen molar-refractivity contribution in [2.45, 2.75) is 6.42 Å². The van der Waals surface area contributed by atoms with Gasteiger partial charge in [-0.15, -0.1) is 0 Å². The molecule has 0 heterocycles. The first-order chi connectivity index (χ1) is 12.1. The van der Waals surface area contributed by atoms with Crippen molar-refractivity contribution in [1.82, 2.24) is 5.32 Å². The second-order valence-corrected chi connectivity index (χ2v) is 5.77. The van der Waals surface area contributed by atoms with E-state index in [1.54, 1.807) is 25.3 Å². The zero-order chi connectivity index (χ0) is 18.1. The molecule has 0 aliphatic heterocycles. The summed E-state index contributed by atoms with van der Waals surface area (Å²) in [5.74, 6) is 1.09. The molecule has 0 bridgehead atoms. The lowest BCUT2D eigenvalue weighted by Gasteiger charge is -2.10. The van der Waals surface area contributed by atoms with Crippen LogP contribution >= 0.6 is 11.6 Å². The highest BCUT2D eigenvalue weighted by Gasteiger charge is 2.12. The SMILES string of the molecule is COCCOc1ccc(CCNC(=O)c2cc(Cl)ccc2OC)cc1. The van der Waals surface area contributed by atoms with E-state index in [2.05, 4.69) is 5.32 Å². The van der Waals surface area contributed by atoms with Gasteiger partial charge in [0, 0.05) is 18.7 Å². The Balaban J connectivity index is 1.84. The van der Waals surface area contributed by atoms with Gasteiger partial charge in [0.05, 0.1) is 19.3 Å². The minimum absolute atomic E-state index is 0.209. The predicted octanol–water partition coefficient (Wildman–Crippen LogP) is 3.35. The molecule has 0 unspecified atom stereocenters. The summed E-state index contributed by atoms with van der Waals surface area (Å²) < 4.78 is 15.7. The highest BCUT2D eigenvalue weighted by molar-refractivity contribution is 6.31. The second kappa shape index (κ2) is 9.91. The number of carbonyl (C=O) groups excluding carboxylic acids is 1. The van der Waals surface area contributed by atoms with E-state index in [0.717, 1.165) is 11.3 Å². The Morgan fingerprint density at radius 1 is 1.08 bits per heavy atom. The minimum atomic E-state index is -0.209. The van der Waals surface area contributed by atoms with Gasteiger partial charge >= 0.3 is 0 Å². The monoisotopic (exact) mass is 363 g/mol. The summed E-state index contributed by atoms with van der Waals surface area (Å²) >= 11 is 5.95. The molecule has 0 saturated heterocycles. The molecule has 2 aromatic carbocycles. The maximum Gasteiger partial charge on any atom is 0.255 e. The molecule has 6 heteroatoms. The molecule has 2 aromatic rings. The summed E-state index contributed by atoms with van der Waals surface area (Å²) in [5.41, 5.74) is 1.54. The van der Waals surface area contributed by atoms with Crippen molar-refractivity contribution in [2.75, 3.05) is 34.0 Å². The zero-order valence-electron chi connectivity index (χ0n) is 14.4. The molecule has 0 atom stereocenters. The average molecular weight is 364 g/mol. The van der Waals surface area contributed by atoms with Crippen molar-refractivity contribution in [3.8, 4) is 11.5 Å². The van der Waals surface area contributed by atoms with Crippen LogP contribution in [0.15, 0.2) is 42.5 Å². The number of nitrogens with one attached hydrogen (secondary N) is 1. The smallest absolute Gasteiger partial charge is 0.255 e. The number of hydrogen-bond acceptors (Lipinski definition) is 4. The third kappa shape index (κ3) is 5.96. The molecule has 134 valence electrons. The number of methoxy groups -OCH3 is 2. The number of ether oxygens (including phenoxy) is 3. The normalized spacial score (nSPS) is 10.4. The van der Waals surface area contributed by atoms with Crippen LogP contribution in [0.4, 0.5) is 0 Å². The summed E-state index contributed by atoms with van der Waals surface area (Å²) in [7, 11) is 3.16. The van der Waals surface area contributed by atoms with E-state index in [1.165, 1.54) is 7.11 Å². The van der Waals surface area contributed by atoms with Crippen molar-refractivity contribution in [3.05, 3.63) is 58.6 Å². The highest BCUT2D eigenvalue weighted by Crippen LogP contribution is 2.22. The molecule has 0 aliphatic carbocycles. The number of halogens is 1. The molecular weight excluding hydrogens is 342 g/mol. The Labute approximate surface area is 152 Å². The van der Waals surface area contributed by atoms with E-state index >= 15 is 0 Å². The number of hydrogen-bond donors (Lipinski definition) is 1. The summed E-state index contributed by atoms with van der Waals surface area (Å²) in [5, 5.41) is 3.38. The van der Waals surface area contributed by atoms with E-state index in [-0.39, 0.29) is 5.91 Å². The van der Waals surface area contributed by atoms with Crippen LogP contribution in [-0.4, -0.2) is 39.9 Å². The number of rotatable bonds is 9. The molecule has 0 spiro atoms. The lowest BCUT2D eigenvalue weighted by Crippen LogP contribution is -2.26. The maximum atomic E-state index is 12.3. The summed E-state index contributed by atoms with van der Waals surface area (Å²) in [6, 6.07) is 12.7. The van der Waals surface area contributed by atoms with E-state index < -0.39 is 0 Å². The van der Waals surface area contributed by atoms with Gasteiger partial charge in [-0.1, -0.05) is 23.7 Å². The van der Waals surface area contributed by atoms with Crippen molar-refractivity contribution in [2.24, 2.45) is 0 Å². The van der Waals surface area contributed by atoms with Gasteiger partial charge in [0.15, 0.2) is 0 Å². The van der Waals surface area contributed by atoms with Crippen molar-refractivity contribution in [1.29, 1.82) is 0 Å². The van der Waals surface area contributed by atoms with Crippen LogP contribution in [-0.2, 0) is 11.2 Å². The standard InChI is InChI=1S/C19H22ClNO4/c1-23-11-12-25-16-6-3-14(4-7-16)9-10-21-19(22)17-13-15(20)5-8-18(17)24-2/h3-8,13H,9-12H2,1-2H3,(H,21,22). The van der Waals surface area contributed by atoms with E-state index in [1.807, 2.05) is 24.3 Å².